The van der Waals surface area contributed by atoms with Gasteiger partial charge in [0.1, 0.15) is 12.4 Å². The lowest BCUT2D eigenvalue weighted by molar-refractivity contribution is -0.116. The molecule has 0 atom stereocenters. The van der Waals surface area contributed by atoms with Crippen LogP contribution in [0.15, 0.2) is 18.2 Å². The number of amides is 1. The Kier molecular flexibility index (Phi) is 6.65. The molecule has 21 heavy (non-hydrogen) atoms. The van der Waals surface area contributed by atoms with Gasteiger partial charge in [-0.15, -0.1) is 0 Å². The van der Waals surface area contributed by atoms with Gasteiger partial charge in [0.15, 0.2) is 0 Å². The SMILES string of the molecule is COCCOc1cc(C)ccc1NC(=O)CCC(C)(C)N. The fourth-order valence-corrected chi connectivity index (χ4v) is 1.74. The van der Waals surface area contributed by atoms with Crippen LogP contribution in [0.3, 0.4) is 0 Å². The topological polar surface area (TPSA) is 73.6 Å². The molecule has 0 spiro atoms. The van der Waals surface area contributed by atoms with Crippen molar-refractivity contribution in [1.29, 1.82) is 0 Å². The molecule has 5 nitrogen and oxygen atoms in total. The Balaban J connectivity index is 2.66. The van der Waals surface area contributed by atoms with Crippen LogP contribution in [0.5, 0.6) is 5.75 Å². The van der Waals surface area contributed by atoms with Gasteiger partial charge in [-0.3, -0.25) is 4.79 Å². The number of aryl methyl sites for hydroxylation is 1. The first kappa shape index (κ1) is 17.5. The van der Waals surface area contributed by atoms with E-state index in [4.69, 9.17) is 15.2 Å². The van der Waals surface area contributed by atoms with Crippen molar-refractivity contribution >= 4 is 11.6 Å². The first-order valence-electron chi connectivity index (χ1n) is 7.13. The normalized spacial score (nSPS) is 11.3. The first-order chi connectivity index (χ1) is 9.81. The molecule has 5 heteroatoms. The fraction of sp³-hybridized carbons (Fsp3) is 0.562. The summed E-state index contributed by atoms with van der Waals surface area (Å²) in [6.45, 7) is 6.74. The molecule has 0 radical (unpaired) electrons. The molecule has 0 saturated carbocycles. The standard InChI is InChI=1S/C16H26N2O3/c1-12-5-6-13(14(11-12)21-10-9-20-4)18-15(19)7-8-16(2,3)17/h5-6,11H,7-10,17H2,1-4H3,(H,18,19). The van der Waals surface area contributed by atoms with Gasteiger partial charge < -0.3 is 20.5 Å². The third-order valence-corrected chi connectivity index (χ3v) is 2.95. The number of rotatable bonds is 8. The molecule has 0 aliphatic heterocycles. The number of ether oxygens (including phenoxy) is 2. The highest BCUT2D eigenvalue weighted by molar-refractivity contribution is 5.92. The lowest BCUT2D eigenvalue weighted by Gasteiger charge is -2.18. The summed E-state index contributed by atoms with van der Waals surface area (Å²) in [7, 11) is 1.62. The third kappa shape index (κ3) is 7.11. The maximum atomic E-state index is 12.0. The summed E-state index contributed by atoms with van der Waals surface area (Å²) in [5.74, 6) is 0.598. The van der Waals surface area contributed by atoms with Crippen molar-refractivity contribution in [2.45, 2.75) is 39.2 Å². The van der Waals surface area contributed by atoms with Gasteiger partial charge in [-0.25, -0.2) is 0 Å². The smallest absolute Gasteiger partial charge is 0.224 e. The minimum absolute atomic E-state index is 0.0611. The van der Waals surface area contributed by atoms with Crippen molar-refractivity contribution in [3.63, 3.8) is 0 Å². The molecule has 3 N–H and O–H groups in total. The number of benzene rings is 1. The Morgan fingerprint density at radius 2 is 2.05 bits per heavy atom. The molecular formula is C16H26N2O3. The number of carbonyl (C=O) groups excluding carboxylic acids is 1. The van der Waals surface area contributed by atoms with Gasteiger partial charge in [0.2, 0.25) is 5.91 Å². The second kappa shape index (κ2) is 8.00. The van der Waals surface area contributed by atoms with E-state index < -0.39 is 0 Å². The van der Waals surface area contributed by atoms with Crippen LogP contribution in [-0.2, 0) is 9.53 Å². The predicted octanol–water partition coefficient (Wildman–Crippen LogP) is 2.48. The number of anilines is 1. The molecule has 1 aromatic rings. The number of carbonyl (C=O) groups is 1. The molecule has 0 aromatic heterocycles. The molecule has 0 bridgehead atoms. The molecular weight excluding hydrogens is 268 g/mol. The number of methoxy groups -OCH3 is 1. The third-order valence-electron chi connectivity index (χ3n) is 2.95. The summed E-state index contributed by atoms with van der Waals surface area (Å²) >= 11 is 0. The van der Waals surface area contributed by atoms with Gasteiger partial charge >= 0.3 is 0 Å². The monoisotopic (exact) mass is 294 g/mol. The largest absolute Gasteiger partial charge is 0.489 e. The number of nitrogens with two attached hydrogens (primary N) is 1. The van der Waals surface area contributed by atoms with E-state index in [9.17, 15) is 4.79 Å². The molecule has 1 amide bonds. The Bertz CT molecular complexity index is 467. The predicted molar refractivity (Wildman–Crippen MR) is 84.7 cm³/mol. The summed E-state index contributed by atoms with van der Waals surface area (Å²) in [4.78, 5) is 12.0. The van der Waals surface area contributed by atoms with E-state index >= 15 is 0 Å². The van der Waals surface area contributed by atoms with E-state index in [0.29, 0.717) is 37.5 Å². The Morgan fingerprint density at radius 1 is 1.33 bits per heavy atom. The van der Waals surface area contributed by atoms with E-state index in [1.165, 1.54) is 0 Å². The van der Waals surface area contributed by atoms with Crippen LogP contribution in [0, 0.1) is 6.92 Å². The molecule has 0 unspecified atom stereocenters. The van der Waals surface area contributed by atoms with E-state index in [1.807, 2.05) is 39.0 Å². The van der Waals surface area contributed by atoms with Gasteiger partial charge in [0, 0.05) is 19.1 Å². The second-order valence-electron chi connectivity index (χ2n) is 5.88. The van der Waals surface area contributed by atoms with Gasteiger partial charge in [-0.1, -0.05) is 6.07 Å². The molecule has 0 heterocycles. The fourth-order valence-electron chi connectivity index (χ4n) is 1.74. The Labute approximate surface area is 126 Å². The van der Waals surface area contributed by atoms with Crippen LogP contribution in [0.1, 0.15) is 32.3 Å². The Hall–Kier alpha value is -1.59. The summed E-state index contributed by atoms with van der Waals surface area (Å²) in [6, 6.07) is 5.69. The highest BCUT2D eigenvalue weighted by atomic mass is 16.5. The van der Waals surface area contributed by atoms with Crippen LogP contribution in [-0.4, -0.2) is 31.8 Å². The van der Waals surface area contributed by atoms with E-state index in [-0.39, 0.29) is 11.4 Å². The maximum Gasteiger partial charge on any atom is 0.224 e. The lowest BCUT2D eigenvalue weighted by atomic mass is 10.00. The molecule has 0 aliphatic carbocycles. The second-order valence-corrected chi connectivity index (χ2v) is 5.88. The average molecular weight is 294 g/mol. The summed E-state index contributed by atoms with van der Waals surface area (Å²) in [5, 5.41) is 2.88. The molecule has 0 aliphatic rings. The quantitative estimate of drug-likeness (QED) is 0.722. The highest BCUT2D eigenvalue weighted by Crippen LogP contribution is 2.26. The zero-order valence-electron chi connectivity index (χ0n) is 13.4. The number of hydrogen-bond acceptors (Lipinski definition) is 4. The molecule has 1 rings (SSSR count). The van der Waals surface area contributed by atoms with Crippen molar-refractivity contribution in [2.75, 3.05) is 25.6 Å². The van der Waals surface area contributed by atoms with Gasteiger partial charge in [0.05, 0.1) is 12.3 Å². The van der Waals surface area contributed by atoms with Crippen LogP contribution >= 0.6 is 0 Å². The van der Waals surface area contributed by atoms with Crippen LogP contribution in [0.2, 0.25) is 0 Å². The average Bonchev–Trinajstić information content (AvgIpc) is 2.39. The molecule has 0 saturated heterocycles. The van der Waals surface area contributed by atoms with Crippen LogP contribution in [0.4, 0.5) is 5.69 Å². The van der Waals surface area contributed by atoms with Gasteiger partial charge in [-0.05, 0) is 44.9 Å². The minimum Gasteiger partial charge on any atom is -0.489 e. The van der Waals surface area contributed by atoms with Crippen molar-refractivity contribution in [3.05, 3.63) is 23.8 Å². The zero-order chi connectivity index (χ0) is 15.9. The van der Waals surface area contributed by atoms with Crippen molar-refractivity contribution in [3.8, 4) is 5.75 Å². The minimum atomic E-state index is -0.345. The van der Waals surface area contributed by atoms with E-state index in [2.05, 4.69) is 5.32 Å². The number of nitrogens with one attached hydrogen (secondary N) is 1. The summed E-state index contributed by atoms with van der Waals surface area (Å²) in [6.07, 6.45) is 1.01. The van der Waals surface area contributed by atoms with E-state index in [1.54, 1.807) is 7.11 Å². The van der Waals surface area contributed by atoms with Crippen LogP contribution in [0.25, 0.3) is 0 Å². The highest BCUT2D eigenvalue weighted by Gasteiger charge is 2.14. The molecule has 118 valence electrons. The van der Waals surface area contributed by atoms with Crippen LogP contribution < -0.4 is 15.8 Å². The first-order valence-corrected chi connectivity index (χ1v) is 7.13. The summed E-state index contributed by atoms with van der Waals surface area (Å²) < 4.78 is 10.6. The maximum absolute atomic E-state index is 12.0. The molecule has 1 aromatic carbocycles. The summed E-state index contributed by atoms with van der Waals surface area (Å²) in [5.41, 5.74) is 7.29. The van der Waals surface area contributed by atoms with Gasteiger partial charge in [0.25, 0.3) is 0 Å². The van der Waals surface area contributed by atoms with Crippen molar-refractivity contribution in [2.24, 2.45) is 5.73 Å². The van der Waals surface area contributed by atoms with Crippen molar-refractivity contribution in [1.82, 2.24) is 0 Å². The number of hydrogen-bond donors (Lipinski definition) is 2. The Morgan fingerprint density at radius 3 is 2.67 bits per heavy atom. The van der Waals surface area contributed by atoms with Gasteiger partial charge in [-0.2, -0.15) is 0 Å². The van der Waals surface area contributed by atoms with Crippen molar-refractivity contribution < 1.29 is 14.3 Å². The van der Waals surface area contributed by atoms with E-state index in [0.717, 1.165) is 5.56 Å². The molecule has 0 fully saturated rings. The lowest BCUT2D eigenvalue weighted by Crippen LogP contribution is -2.33. The zero-order valence-corrected chi connectivity index (χ0v) is 13.4.